The van der Waals surface area contributed by atoms with Crippen LogP contribution in [0.3, 0.4) is 0 Å². The molecule has 1 N–H and O–H groups in total. The predicted molar refractivity (Wildman–Crippen MR) is 74.5 cm³/mol. The lowest BCUT2D eigenvalue weighted by Gasteiger charge is -2.02. The van der Waals surface area contributed by atoms with Crippen LogP contribution in [-0.2, 0) is 4.74 Å². The number of benzene rings is 2. The molecule has 0 radical (unpaired) electrons. The van der Waals surface area contributed by atoms with Crippen LogP contribution in [-0.4, -0.2) is 13.2 Å². The highest BCUT2D eigenvalue weighted by atomic mass is 16.5. The van der Waals surface area contributed by atoms with E-state index < -0.39 is 6.09 Å². The number of ether oxygens (including phenoxy) is 1. The fraction of sp³-hybridized carbons (Fsp3) is 0.133. The third-order valence-corrected chi connectivity index (χ3v) is 3.06. The number of carbonyl (C=O) groups excluding carboxylic acids is 1. The number of methoxy groups -OCH3 is 1. The molecule has 96 valence electrons. The minimum absolute atomic E-state index is 0.483. The van der Waals surface area contributed by atoms with E-state index in [9.17, 15) is 4.79 Å². The van der Waals surface area contributed by atoms with Crippen molar-refractivity contribution in [2.24, 2.45) is 0 Å². The highest BCUT2D eigenvalue weighted by molar-refractivity contribution is 6.06. The Morgan fingerprint density at radius 1 is 1.11 bits per heavy atom. The standard InChI is InChI=1S/C15H13NO3/c1-9-3-5-11-12-8-10(16-15(17)18-2)4-6-13(12)19-14(11)7-9/h3-8H,1-2H3,(H,16,17). The van der Waals surface area contributed by atoms with Crippen molar-refractivity contribution < 1.29 is 13.9 Å². The molecule has 0 aliphatic rings. The van der Waals surface area contributed by atoms with Gasteiger partial charge < -0.3 is 9.15 Å². The number of fused-ring (bicyclic) bond motifs is 3. The summed E-state index contributed by atoms with van der Waals surface area (Å²) < 4.78 is 10.4. The molecule has 1 heterocycles. The average molecular weight is 255 g/mol. The van der Waals surface area contributed by atoms with Crippen LogP contribution in [0.25, 0.3) is 21.9 Å². The van der Waals surface area contributed by atoms with Gasteiger partial charge in [-0.15, -0.1) is 0 Å². The third kappa shape index (κ3) is 2.01. The lowest BCUT2D eigenvalue weighted by atomic mass is 10.1. The molecule has 0 aliphatic carbocycles. The van der Waals surface area contributed by atoms with Gasteiger partial charge in [-0.25, -0.2) is 4.79 Å². The fourth-order valence-corrected chi connectivity index (χ4v) is 2.13. The van der Waals surface area contributed by atoms with Gasteiger partial charge in [0.15, 0.2) is 0 Å². The van der Waals surface area contributed by atoms with Crippen LogP contribution in [0, 0.1) is 6.92 Å². The van der Waals surface area contributed by atoms with Crippen molar-refractivity contribution in [3.05, 3.63) is 42.0 Å². The number of anilines is 1. The van der Waals surface area contributed by atoms with Gasteiger partial charge in [-0.05, 0) is 36.8 Å². The Hall–Kier alpha value is -2.49. The second-order valence-corrected chi connectivity index (χ2v) is 4.43. The summed E-state index contributed by atoms with van der Waals surface area (Å²) in [6, 6.07) is 11.6. The van der Waals surface area contributed by atoms with E-state index in [1.807, 2.05) is 37.3 Å². The number of rotatable bonds is 1. The van der Waals surface area contributed by atoms with Crippen molar-refractivity contribution in [1.29, 1.82) is 0 Å². The smallest absolute Gasteiger partial charge is 0.411 e. The van der Waals surface area contributed by atoms with Gasteiger partial charge in [0.05, 0.1) is 7.11 Å². The van der Waals surface area contributed by atoms with Gasteiger partial charge in [0.2, 0.25) is 0 Å². The molecule has 1 amide bonds. The number of aryl methyl sites for hydroxylation is 1. The Bertz CT molecular complexity index is 774. The van der Waals surface area contributed by atoms with Crippen LogP contribution in [0.5, 0.6) is 0 Å². The summed E-state index contributed by atoms with van der Waals surface area (Å²) >= 11 is 0. The van der Waals surface area contributed by atoms with Crippen LogP contribution in [0.4, 0.5) is 10.5 Å². The third-order valence-electron chi connectivity index (χ3n) is 3.06. The van der Waals surface area contributed by atoms with Gasteiger partial charge in [0.25, 0.3) is 0 Å². The summed E-state index contributed by atoms with van der Waals surface area (Å²) in [5, 5.41) is 4.66. The zero-order chi connectivity index (χ0) is 13.4. The largest absolute Gasteiger partial charge is 0.456 e. The summed E-state index contributed by atoms with van der Waals surface area (Å²) in [5.41, 5.74) is 3.49. The Morgan fingerprint density at radius 2 is 1.95 bits per heavy atom. The predicted octanol–water partition coefficient (Wildman–Crippen LogP) is 4.07. The van der Waals surface area contributed by atoms with Crippen molar-refractivity contribution in [3.63, 3.8) is 0 Å². The second kappa shape index (κ2) is 4.31. The van der Waals surface area contributed by atoms with E-state index in [-0.39, 0.29) is 0 Å². The van der Waals surface area contributed by atoms with Gasteiger partial charge in [-0.3, -0.25) is 5.32 Å². The molecule has 2 aromatic carbocycles. The topological polar surface area (TPSA) is 51.5 Å². The maximum absolute atomic E-state index is 11.2. The van der Waals surface area contributed by atoms with Gasteiger partial charge in [-0.2, -0.15) is 0 Å². The van der Waals surface area contributed by atoms with Crippen molar-refractivity contribution in [2.75, 3.05) is 12.4 Å². The van der Waals surface area contributed by atoms with Crippen LogP contribution < -0.4 is 5.32 Å². The normalized spacial score (nSPS) is 10.8. The van der Waals surface area contributed by atoms with E-state index >= 15 is 0 Å². The van der Waals surface area contributed by atoms with Crippen LogP contribution >= 0.6 is 0 Å². The minimum atomic E-state index is -0.483. The van der Waals surface area contributed by atoms with E-state index in [1.165, 1.54) is 7.11 Å². The molecule has 0 saturated carbocycles. The maximum atomic E-state index is 11.2. The molecule has 4 heteroatoms. The molecule has 0 bridgehead atoms. The second-order valence-electron chi connectivity index (χ2n) is 4.43. The van der Waals surface area contributed by atoms with Crippen molar-refractivity contribution >= 4 is 33.7 Å². The van der Waals surface area contributed by atoms with E-state index in [0.29, 0.717) is 5.69 Å². The zero-order valence-electron chi connectivity index (χ0n) is 10.7. The molecule has 0 atom stereocenters. The number of carbonyl (C=O) groups is 1. The van der Waals surface area contributed by atoms with Crippen molar-refractivity contribution in [2.45, 2.75) is 6.92 Å². The molecule has 0 fully saturated rings. The Morgan fingerprint density at radius 3 is 2.74 bits per heavy atom. The van der Waals surface area contributed by atoms with Crippen LogP contribution in [0.2, 0.25) is 0 Å². The highest BCUT2D eigenvalue weighted by Gasteiger charge is 2.08. The van der Waals surface area contributed by atoms with E-state index in [0.717, 1.165) is 27.5 Å². The van der Waals surface area contributed by atoms with Crippen LogP contribution in [0.15, 0.2) is 40.8 Å². The SMILES string of the molecule is COC(=O)Nc1ccc2oc3cc(C)ccc3c2c1. The number of hydrogen-bond acceptors (Lipinski definition) is 3. The number of hydrogen-bond donors (Lipinski definition) is 1. The highest BCUT2D eigenvalue weighted by Crippen LogP contribution is 2.31. The first-order valence-electron chi connectivity index (χ1n) is 5.95. The van der Waals surface area contributed by atoms with Gasteiger partial charge in [0, 0.05) is 16.5 Å². The first-order valence-corrected chi connectivity index (χ1v) is 5.95. The lowest BCUT2D eigenvalue weighted by Crippen LogP contribution is -2.10. The molecular weight excluding hydrogens is 242 g/mol. The first-order chi connectivity index (χ1) is 9.17. The van der Waals surface area contributed by atoms with E-state index in [2.05, 4.69) is 10.1 Å². The molecule has 0 aliphatic heterocycles. The van der Waals surface area contributed by atoms with Crippen molar-refractivity contribution in [3.8, 4) is 0 Å². The summed E-state index contributed by atoms with van der Waals surface area (Å²) in [6.07, 6.45) is -0.483. The van der Waals surface area contributed by atoms with Gasteiger partial charge >= 0.3 is 6.09 Å². The zero-order valence-corrected chi connectivity index (χ0v) is 10.7. The first kappa shape index (κ1) is 11.6. The van der Waals surface area contributed by atoms with E-state index in [4.69, 9.17) is 4.42 Å². The van der Waals surface area contributed by atoms with Gasteiger partial charge in [-0.1, -0.05) is 12.1 Å². The maximum Gasteiger partial charge on any atom is 0.411 e. The van der Waals surface area contributed by atoms with Gasteiger partial charge in [0.1, 0.15) is 11.2 Å². The van der Waals surface area contributed by atoms with Crippen molar-refractivity contribution in [1.82, 2.24) is 0 Å². The number of furan rings is 1. The monoisotopic (exact) mass is 255 g/mol. The quantitative estimate of drug-likeness (QED) is 0.713. The molecule has 0 unspecified atom stereocenters. The number of amides is 1. The molecule has 0 spiro atoms. The Labute approximate surface area is 110 Å². The Balaban J connectivity index is 2.16. The molecule has 3 aromatic rings. The molecule has 0 saturated heterocycles. The van der Waals surface area contributed by atoms with E-state index in [1.54, 1.807) is 6.07 Å². The summed E-state index contributed by atoms with van der Waals surface area (Å²) in [4.78, 5) is 11.2. The minimum Gasteiger partial charge on any atom is -0.456 e. The summed E-state index contributed by atoms with van der Waals surface area (Å²) in [6.45, 7) is 2.02. The summed E-state index contributed by atoms with van der Waals surface area (Å²) in [7, 11) is 1.34. The molecule has 1 aromatic heterocycles. The molecular formula is C15H13NO3. The molecule has 4 nitrogen and oxygen atoms in total. The molecule has 19 heavy (non-hydrogen) atoms. The fourth-order valence-electron chi connectivity index (χ4n) is 2.13. The van der Waals surface area contributed by atoms with Crippen LogP contribution in [0.1, 0.15) is 5.56 Å². The average Bonchev–Trinajstić information content (AvgIpc) is 2.75. The Kier molecular flexibility index (Phi) is 2.63. The summed E-state index contributed by atoms with van der Waals surface area (Å²) in [5.74, 6) is 0. The number of nitrogens with one attached hydrogen (secondary N) is 1. The molecule has 3 rings (SSSR count). The lowest BCUT2D eigenvalue weighted by molar-refractivity contribution is 0.187.